The summed E-state index contributed by atoms with van der Waals surface area (Å²) in [5.41, 5.74) is 1.56. The van der Waals surface area contributed by atoms with Gasteiger partial charge in [0, 0.05) is 30.4 Å². The Kier molecular flexibility index (Phi) is 4.81. The van der Waals surface area contributed by atoms with Crippen LogP contribution < -0.4 is 5.32 Å². The summed E-state index contributed by atoms with van der Waals surface area (Å²) in [6, 6.07) is 5.68. The highest BCUT2D eigenvalue weighted by atomic mass is 79.9. The van der Waals surface area contributed by atoms with Crippen molar-refractivity contribution in [1.82, 2.24) is 15.0 Å². The van der Waals surface area contributed by atoms with Crippen LogP contribution in [0.4, 0.5) is 5.82 Å². The van der Waals surface area contributed by atoms with E-state index in [1.165, 1.54) is 0 Å². The number of methoxy groups -OCH3 is 1. The first kappa shape index (κ1) is 13.9. The van der Waals surface area contributed by atoms with Crippen LogP contribution in [-0.4, -0.2) is 28.6 Å². The number of hydrogen-bond acceptors (Lipinski definition) is 5. The Morgan fingerprint density at radius 3 is 2.79 bits per heavy atom. The van der Waals surface area contributed by atoms with Gasteiger partial charge in [0.2, 0.25) is 0 Å². The normalized spacial score (nSPS) is 10.5. The Morgan fingerprint density at radius 2 is 2.16 bits per heavy atom. The molecule has 0 bridgehead atoms. The summed E-state index contributed by atoms with van der Waals surface area (Å²) < 4.78 is 6.05. The maximum Gasteiger partial charge on any atom is 0.180 e. The molecule has 0 aliphatic rings. The molecule has 0 saturated carbocycles. The van der Waals surface area contributed by atoms with Crippen LogP contribution in [0.5, 0.6) is 0 Å². The minimum absolute atomic E-state index is 0.449. The lowest BCUT2D eigenvalue weighted by atomic mass is 10.3. The third-order valence-corrected chi connectivity index (χ3v) is 2.85. The van der Waals surface area contributed by atoms with Gasteiger partial charge in [-0.05, 0) is 35.0 Å². The van der Waals surface area contributed by atoms with Gasteiger partial charge in [-0.2, -0.15) is 0 Å². The maximum absolute atomic E-state index is 5.13. The zero-order valence-corrected chi connectivity index (χ0v) is 12.4. The van der Waals surface area contributed by atoms with E-state index in [1.807, 2.05) is 25.1 Å². The molecule has 19 heavy (non-hydrogen) atoms. The van der Waals surface area contributed by atoms with Gasteiger partial charge in [0.15, 0.2) is 5.82 Å². The van der Waals surface area contributed by atoms with E-state index in [-0.39, 0.29) is 0 Å². The lowest BCUT2D eigenvalue weighted by molar-refractivity contribution is 0.181. The fourth-order valence-electron chi connectivity index (χ4n) is 1.61. The Balaban J connectivity index is 2.40. The summed E-state index contributed by atoms with van der Waals surface area (Å²) in [6.45, 7) is 3.27. The molecule has 0 unspecified atom stereocenters. The van der Waals surface area contributed by atoms with Gasteiger partial charge >= 0.3 is 0 Å². The highest BCUT2D eigenvalue weighted by Gasteiger charge is 2.07. The van der Waals surface area contributed by atoms with Gasteiger partial charge in [-0.3, -0.25) is 4.98 Å². The van der Waals surface area contributed by atoms with Crippen molar-refractivity contribution in [2.24, 2.45) is 0 Å². The van der Waals surface area contributed by atoms with Crippen LogP contribution in [0.15, 0.2) is 28.9 Å². The zero-order valence-electron chi connectivity index (χ0n) is 10.9. The second-order valence-electron chi connectivity index (χ2n) is 3.89. The Morgan fingerprint density at radius 1 is 1.32 bits per heavy atom. The summed E-state index contributed by atoms with van der Waals surface area (Å²) in [5.74, 6) is 1.38. The molecule has 5 nitrogen and oxygen atoms in total. The molecule has 6 heteroatoms. The minimum Gasteiger partial charge on any atom is -0.378 e. The van der Waals surface area contributed by atoms with Crippen LogP contribution in [0.25, 0.3) is 11.5 Å². The smallest absolute Gasteiger partial charge is 0.180 e. The minimum atomic E-state index is 0.449. The first-order valence-corrected chi connectivity index (χ1v) is 6.75. The molecule has 100 valence electrons. The average Bonchev–Trinajstić information content (AvgIpc) is 2.40. The third-order valence-electron chi connectivity index (χ3n) is 2.39. The molecule has 2 heterocycles. The van der Waals surface area contributed by atoms with Crippen molar-refractivity contribution >= 4 is 21.7 Å². The van der Waals surface area contributed by atoms with Crippen LogP contribution in [0.3, 0.4) is 0 Å². The molecule has 0 saturated heterocycles. The van der Waals surface area contributed by atoms with Gasteiger partial charge < -0.3 is 10.1 Å². The molecule has 0 amide bonds. The molecule has 0 fully saturated rings. The SMILES string of the molecule is CCNc1cc(COC)nc(-c2ccc(Br)cn2)n1. The quantitative estimate of drug-likeness (QED) is 0.917. The highest BCUT2D eigenvalue weighted by Crippen LogP contribution is 2.18. The maximum atomic E-state index is 5.13. The van der Waals surface area contributed by atoms with Crippen LogP contribution in [0, 0.1) is 0 Å². The lowest BCUT2D eigenvalue weighted by Crippen LogP contribution is -2.05. The van der Waals surface area contributed by atoms with E-state index in [2.05, 4.69) is 36.2 Å². The molecule has 2 aromatic heterocycles. The van der Waals surface area contributed by atoms with E-state index >= 15 is 0 Å². The monoisotopic (exact) mass is 322 g/mol. The predicted octanol–water partition coefficient (Wildman–Crippen LogP) is 2.88. The molecular weight excluding hydrogens is 308 g/mol. The Bertz CT molecular complexity index is 521. The number of pyridine rings is 1. The van der Waals surface area contributed by atoms with Gasteiger partial charge in [-0.25, -0.2) is 9.97 Å². The van der Waals surface area contributed by atoms with Crippen molar-refractivity contribution in [3.63, 3.8) is 0 Å². The average molecular weight is 323 g/mol. The van der Waals surface area contributed by atoms with E-state index in [0.717, 1.165) is 28.2 Å². The van der Waals surface area contributed by atoms with Crippen LogP contribution >= 0.6 is 15.9 Å². The number of hydrogen-bond donors (Lipinski definition) is 1. The van der Waals surface area contributed by atoms with E-state index in [1.54, 1.807) is 13.3 Å². The topological polar surface area (TPSA) is 59.9 Å². The molecule has 1 N–H and O–H groups in total. The zero-order chi connectivity index (χ0) is 13.7. The summed E-state index contributed by atoms with van der Waals surface area (Å²) in [5, 5.41) is 3.18. The predicted molar refractivity (Wildman–Crippen MR) is 77.8 cm³/mol. The second kappa shape index (κ2) is 6.58. The molecule has 0 atom stereocenters. The fraction of sp³-hybridized carbons (Fsp3) is 0.308. The summed E-state index contributed by atoms with van der Waals surface area (Å²) in [6.07, 6.45) is 1.73. The van der Waals surface area contributed by atoms with Gasteiger partial charge in [0.1, 0.15) is 11.5 Å². The number of ether oxygens (including phenoxy) is 1. The number of aromatic nitrogens is 3. The molecule has 2 rings (SSSR count). The van der Waals surface area contributed by atoms with Crippen LogP contribution in [-0.2, 0) is 11.3 Å². The number of halogens is 1. The van der Waals surface area contributed by atoms with E-state index in [4.69, 9.17) is 4.74 Å². The third kappa shape index (κ3) is 3.71. The van der Waals surface area contributed by atoms with Crippen molar-refractivity contribution < 1.29 is 4.74 Å². The number of rotatable bonds is 5. The van der Waals surface area contributed by atoms with E-state index in [0.29, 0.717) is 12.4 Å². The fourth-order valence-corrected chi connectivity index (χ4v) is 1.85. The molecule has 0 spiro atoms. The Labute approximate surface area is 120 Å². The molecule has 0 aliphatic carbocycles. The van der Waals surface area contributed by atoms with E-state index in [9.17, 15) is 0 Å². The van der Waals surface area contributed by atoms with Gasteiger partial charge in [0.25, 0.3) is 0 Å². The molecule has 2 aromatic rings. The standard InChI is InChI=1S/C13H15BrN4O/c1-3-15-12-6-10(8-19-2)17-13(18-12)11-5-4-9(14)7-16-11/h4-7H,3,8H2,1-2H3,(H,15,17,18). The summed E-state index contributed by atoms with van der Waals surface area (Å²) in [4.78, 5) is 13.2. The van der Waals surface area contributed by atoms with Gasteiger partial charge in [0.05, 0.1) is 12.3 Å². The van der Waals surface area contributed by atoms with Crippen LogP contribution in [0.1, 0.15) is 12.6 Å². The summed E-state index contributed by atoms with van der Waals surface area (Å²) >= 11 is 3.36. The van der Waals surface area contributed by atoms with Crippen molar-refractivity contribution in [3.05, 3.63) is 34.6 Å². The van der Waals surface area contributed by atoms with Crippen molar-refractivity contribution in [2.45, 2.75) is 13.5 Å². The van der Waals surface area contributed by atoms with Crippen molar-refractivity contribution in [1.29, 1.82) is 0 Å². The Hall–Kier alpha value is -1.53. The van der Waals surface area contributed by atoms with Gasteiger partial charge in [-0.15, -0.1) is 0 Å². The van der Waals surface area contributed by atoms with Gasteiger partial charge in [-0.1, -0.05) is 0 Å². The summed E-state index contributed by atoms with van der Waals surface area (Å²) in [7, 11) is 1.65. The number of anilines is 1. The highest BCUT2D eigenvalue weighted by molar-refractivity contribution is 9.10. The van der Waals surface area contributed by atoms with Crippen LogP contribution in [0.2, 0.25) is 0 Å². The largest absolute Gasteiger partial charge is 0.378 e. The molecular formula is C13H15BrN4O. The molecule has 0 aliphatic heterocycles. The molecule has 0 radical (unpaired) electrons. The van der Waals surface area contributed by atoms with Crippen molar-refractivity contribution in [3.8, 4) is 11.5 Å². The lowest BCUT2D eigenvalue weighted by Gasteiger charge is -2.08. The molecule has 0 aromatic carbocycles. The first-order valence-electron chi connectivity index (χ1n) is 5.95. The van der Waals surface area contributed by atoms with Crippen molar-refractivity contribution in [2.75, 3.05) is 19.0 Å². The van der Waals surface area contributed by atoms with E-state index < -0.39 is 0 Å². The first-order chi connectivity index (χ1) is 9.22. The second-order valence-corrected chi connectivity index (χ2v) is 4.81. The number of nitrogens with one attached hydrogen (secondary N) is 1. The number of nitrogens with zero attached hydrogens (tertiary/aromatic N) is 3.